The molecule has 0 saturated carbocycles. The molecule has 1 aromatic carbocycles. The summed E-state index contributed by atoms with van der Waals surface area (Å²) in [7, 11) is -3.65. The van der Waals surface area contributed by atoms with Crippen LogP contribution in [0.2, 0.25) is 0 Å². The Hall–Kier alpha value is -0.990. The Morgan fingerprint density at radius 3 is 2.62 bits per heavy atom. The Morgan fingerprint density at radius 1 is 1.38 bits per heavy atom. The van der Waals surface area contributed by atoms with E-state index in [0.717, 1.165) is 11.8 Å². The van der Waals surface area contributed by atoms with Crippen molar-refractivity contribution in [3.05, 3.63) is 35.9 Å². The highest BCUT2D eigenvalue weighted by atomic mass is 32.2. The van der Waals surface area contributed by atoms with Crippen molar-refractivity contribution in [3.8, 4) is 0 Å². The second-order valence-corrected chi connectivity index (χ2v) is 6.59. The van der Waals surface area contributed by atoms with E-state index in [-0.39, 0.29) is 6.61 Å². The van der Waals surface area contributed by atoms with E-state index in [2.05, 4.69) is 0 Å². The molecule has 1 fully saturated rings. The number of aliphatic hydroxyl groups excluding tert-OH is 1. The fraction of sp³-hybridized carbons (Fsp3) is 0.571. The number of benzene rings is 1. The third-order valence-electron chi connectivity index (χ3n) is 3.23. The Bertz CT molecular complexity index is 544. The van der Waals surface area contributed by atoms with Crippen LogP contribution in [0, 0.1) is 0 Å². The number of rotatable bonds is 5. The van der Waals surface area contributed by atoms with E-state index in [1.807, 2.05) is 30.3 Å². The molecule has 118 valence electrons. The molecule has 1 N–H and O–H groups in total. The fourth-order valence-electron chi connectivity index (χ4n) is 2.21. The molecule has 0 radical (unpaired) electrons. The van der Waals surface area contributed by atoms with E-state index in [4.69, 9.17) is 13.7 Å². The first-order chi connectivity index (χ1) is 9.90. The van der Waals surface area contributed by atoms with Gasteiger partial charge in [0.1, 0.15) is 12.2 Å². The maximum Gasteiger partial charge on any atom is 0.264 e. The molecular weight excluding hydrogens is 296 g/mol. The summed E-state index contributed by atoms with van der Waals surface area (Å²) in [5, 5.41) is 10.1. The first kappa shape index (κ1) is 16.4. The molecule has 4 atom stereocenters. The van der Waals surface area contributed by atoms with Gasteiger partial charge in [0.2, 0.25) is 0 Å². The number of hydrogen-bond donors (Lipinski definition) is 1. The van der Waals surface area contributed by atoms with Gasteiger partial charge in [0.15, 0.2) is 6.29 Å². The van der Waals surface area contributed by atoms with E-state index >= 15 is 0 Å². The summed E-state index contributed by atoms with van der Waals surface area (Å²) in [5.41, 5.74) is 0.809. The lowest BCUT2D eigenvalue weighted by molar-refractivity contribution is -0.270. The fourth-order valence-corrected chi connectivity index (χ4v) is 2.82. The molecule has 6 nitrogen and oxygen atoms in total. The molecule has 0 aliphatic carbocycles. The molecule has 2 rings (SSSR count). The Balaban J connectivity index is 2.15. The molecule has 1 aliphatic rings. The Kier molecular flexibility index (Phi) is 5.34. The maximum absolute atomic E-state index is 11.3. The summed E-state index contributed by atoms with van der Waals surface area (Å²) in [4.78, 5) is 0. The maximum atomic E-state index is 11.3. The summed E-state index contributed by atoms with van der Waals surface area (Å²) in [5.74, 6) is 0. The quantitative estimate of drug-likeness (QED) is 0.823. The summed E-state index contributed by atoms with van der Waals surface area (Å²) < 4.78 is 38.8. The van der Waals surface area contributed by atoms with Crippen LogP contribution in [-0.4, -0.2) is 44.7 Å². The van der Waals surface area contributed by atoms with Gasteiger partial charge in [-0.2, -0.15) is 8.42 Å². The molecule has 21 heavy (non-hydrogen) atoms. The zero-order chi connectivity index (χ0) is 15.5. The van der Waals surface area contributed by atoms with E-state index in [1.165, 1.54) is 0 Å². The number of aliphatic hydroxyl groups is 1. The number of hydrogen-bond acceptors (Lipinski definition) is 6. The van der Waals surface area contributed by atoms with Crippen LogP contribution in [0.1, 0.15) is 25.2 Å². The van der Waals surface area contributed by atoms with Gasteiger partial charge < -0.3 is 14.6 Å². The van der Waals surface area contributed by atoms with Crippen molar-refractivity contribution in [2.45, 2.75) is 37.9 Å². The molecule has 7 heteroatoms. The first-order valence-electron chi connectivity index (χ1n) is 6.79. The minimum Gasteiger partial charge on any atom is -0.390 e. The summed E-state index contributed by atoms with van der Waals surface area (Å²) in [6.45, 7) is 1.83. The molecular formula is C14H20O6S. The van der Waals surface area contributed by atoms with Crippen LogP contribution in [0.15, 0.2) is 30.3 Å². The largest absolute Gasteiger partial charge is 0.390 e. The van der Waals surface area contributed by atoms with Gasteiger partial charge in [0.25, 0.3) is 10.1 Å². The monoisotopic (exact) mass is 316 g/mol. The van der Waals surface area contributed by atoms with Crippen LogP contribution in [0.4, 0.5) is 0 Å². The molecule has 0 bridgehead atoms. The molecule has 1 aromatic rings. The van der Waals surface area contributed by atoms with Crippen molar-refractivity contribution in [2.75, 3.05) is 12.9 Å². The van der Waals surface area contributed by atoms with Gasteiger partial charge in [-0.1, -0.05) is 37.3 Å². The molecule has 1 heterocycles. The lowest BCUT2D eigenvalue weighted by Crippen LogP contribution is -2.49. The van der Waals surface area contributed by atoms with Crippen molar-refractivity contribution in [2.24, 2.45) is 0 Å². The zero-order valence-corrected chi connectivity index (χ0v) is 12.8. The lowest BCUT2D eigenvalue weighted by atomic mass is 10.0. The predicted octanol–water partition coefficient (Wildman–Crippen LogP) is 1.22. The van der Waals surface area contributed by atoms with Gasteiger partial charge in [-0.3, -0.25) is 4.18 Å². The van der Waals surface area contributed by atoms with Gasteiger partial charge in [0, 0.05) is 5.56 Å². The van der Waals surface area contributed by atoms with Gasteiger partial charge >= 0.3 is 0 Å². The second kappa shape index (κ2) is 6.85. The van der Waals surface area contributed by atoms with Crippen LogP contribution in [0.25, 0.3) is 0 Å². The van der Waals surface area contributed by atoms with Gasteiger partial charge in [0.05, 0.1) is 19.0 Å². The topological polar surface area (TPSA) is 82.1 Å². The third kappa shape index (κ3) is 4.49. The predicted molar refractivity (Wildman–Crippen MR) is 76.0 cm³/mol. The molecule has 0 aromatic heterocycles. The highest BCUT2D eigenvalue weighted by molar-refractivity contribution is 7.86. The van der Waals surface area contributed by atoms with Gasteiger partial charge in [-0.05, 0) is 6.42 Å². The van der Waals surface area contributed by atoms with Gasteiger partial charge in [-0.25, -0.2) is 0 Å². The lowest BCUT2D eigenvalue weighted by Gasteiger charge is -2.37. The molecule has 0 spiro atoms. The van der Waals surface area contributed by atoms with E-state index in [0.29, 0.717) is 6.42 Å². The molecule has 0 amide bonds. The van der Waals surface area contributed by atoms with E-state index in [9.17, 15) is 13.5 Å². The van der Waals surface area contributed by atoms with Crippen LogP contribution >= 0.6 is 0 Å². The molecule has 1 saturated heterocycles. The number of ether oxygens (including phenoxy) is 2. The van der Waals surface area contributed by atoms with Crippen molar-refractivity contribution in [3.63, 3.8) is 0 Å². The van der Waals surface area contributed by atoms with Crippen LogP contribution in [-0.2, 0) is 23.8 Å². The highest BCUT2D eigenvalue weighted by Crippen LogP contribution is 2.30. The normalized spacial score (nSPS) is 28.2. The smallest absolute Gasteiger partial charge is 0.264 e. The minimum atomic E-state index is -3.65. The SMILES string of the molecule is CC[C@@H](O)C1OC(c2ccccc2)OCC1OS(C)(=O)=O. The van der Waals surface area contributed by atoms with Crippen molar-refractivity contribution in [1.82, 2.24) is 0 Å². The summed E-state index contributed by atoms with van der Waals surface area (Å²) >= 11 is 0. The highest BCUT2D eigenvalue weighted by Gasteiger charge is 2.39. The summed E-state index contributed by atoms with van der Waals surface area (Å²) in [6, 6.07) is 9.27. The standard InChI is InChI=1S/C14H20O6S/c1-3-11(15)13-12(20-21(2,16)17)9-18-14(19-13)10-7-5-4-6-8-10/h4-8,11-15H,3,9H2,1-2H3/t11-,12?,13?,14?/m1/s1. The Morgan fingerprint density at radius 2 is 2.05 bits per heavy atom. The summed E-state index contributed by atoms with van der Waals surface area (Å²) in [6.07, 6.45) is -1.69. The van der Waals surface area contributed by atoms with E-state index in [1.54, 1.807) is 6.92 Å². The zero-order valence-electron chi connectivity index (χ0n) is 12.0. The van der Waals surface area contributed by atoms with Crippen molar-refractivity contribution < 1.29 is 27.2 Å². The first-order valence-corrected chi connectivity index (χ1v) is 8.60. The van der Waals surface area contributed by atoms with Crippen LogP contribution in [0.3, 0.4) is 0 Å². The minimum absolute atomic E-state index is 0.0361. The molecule has 1 aliphatic heterocycles. The average Bonchev–Trinajstić information content (AvgIpc) is 2.46. The van der Waals surface area contributed by atoms with Crippen molar-refractivity contribution in [1.29, 1.82) is 0 Å². The molecule has 3 unspecified atom stereocenters. The third-order valence-corrected chi connectivity index (χ3v) is 3.82. The van der Waals surface area contributed by atoms with Crippen LogP contribution < -0.4 is 0 Å². The second-order valence-electron chi connectivity index (χ2n) is 4.99. The van der Waals surface area contributed by atoms with Crippen LogP contribution in [0.5, 0.6) is 0 Å². The average molecular weight is 316 g/mol. The Labute approximate surface area is 124 Å². The van der Waals surface area contributed by atoms with Crippen molar-refractivity contribution >= 4 is 10.1 Å². The van der Waals surface area contributed by atoms with Gasteiger partial charge in [-0.15, -0.1) is 0 Å². The van der Waals surface area contributed by atoms with E-state index < -0.39 is 34.7 Å².